The van der Waals surface area contributed by atoms with Crippen LogP contribution in [0.2, 0.25) is 0 Å². The summed E-state index contributed by atoms with van der Waals surface area (Å²) in [6.45, 7) is 2.27. The molecule has 2 heterocycles. The lowest BCUT2D eigenvalue weighted by Gasteiger charge is -2.32. The van der Waals surface area contributed by atoms with E-state index in [0.717, 1.165) is 12.8 Å². The van der Waals surface area contributed by atoms with Gasteiger partial charge in [-0.05, 0) is 38.3 Å². The van der Waals surface area contributed by atoms with E-state index in [0.29, 0.717) is 24.3 Å². The summed E-state index contributed by atoms with van der Waals surface area (Å²) < 4.78 is 0. The number of aryl methyl sites for hydroxylation is 1. The van der Waals surface area contributed by atoms with Crippen molar-refractivity contribution >= 4 is 17.7 Å². The average molecular weight is 263 g/mol. The van der Waals surface area contributed by atoms with E-state index >= 15 is 0 Å². The Morgan fingerprint density at radius 2 is 2.26 bits per heavy atom. The highest BCUT2D eigenvalue weighted by molar-refractivity contribution is 5.92. The minimum absolute atomic E-state index is 0.372. The molecule has 0 bridgehead atoms. The molecule has 1 unspecified atom stereocenters. The fourth-order valence-corrected chi connectivity index (χ4v) is 2.23. The van der Waals surface area contributed by atoms with Crippen molar-refractivity contribution in [2.45, 2.75) is 32.2 Å². The molecule has 1 aromatic rings. The van der Waals surface area contributed by atoms with Crippen LogP contribution in [0.25, 0.3) is 0 Å². The molecule has 1 fully saturated rings. The summed E-state index contributed by atoms with van der Waals surface area (Å²) in [4.78, 5) is 28.8. The standard InChI is InChI=1S/C13H17N3O3/c1-9-10(5-4-7-14-9)15-13(19)16-8-3-2-6-11(16)12(17)18/h4-5,7,11H,2-3,6,8H2,1H3,(H,15,19)(H,17,18). The summed E-state index contributed by atoms with van der Waals surface area (Å²) in [6, 6.07) is 2.38. The van der Waals surface area contributed by atoms with Gasteiger partial charge in [-0.1, -0.05) is 0 Å². The third-order valence-corrected chi connectivity index (χ3v) is 3.30. The predicted molar refractivity (Wildman–Crippen MR) is 70.0 cm³/mol. The molecule has 0 radical (unpaired) electrons. The Hall–Kier alpha value is -2.11. The number of carboxylic acid groups (broad SMARTS) is 1. The van der Waals surface area contributed by atoms with Crippen molar-refractivity contribution in [3.05, 3.63) is 24.0 Å². The lowest BCUT2D eigenvalue weighted by atomic mass is 10.0. The summed E-state index contributed by atoms with van der Waals surface area (Å²) in [7, 11) is 0. The molecule has 1 aliphatic rings. The number of likely N-dealkylation sites (tertiary alicyclic amines) is 1. The number of hydrogen-bond acceptors (Lipinski definition) is 3. The Kier molecular flexibility index (Phi) is 3.99. The maximum atomic E-state index is 12.2. The topological polar surface area (TPSA) is 82.5 Å². The van der Waals surface area contributed by atoms with E-state index in [1.807, 2.05) is 0 Å². The maximum Gasteiger partial charge on any atom is 0.326 e. The smallest absolute Gasteiger partial charge is 0.326 e. The molecule has 6 nitrogen and oxygen atoms in total. The molecule has 1 saturated heterocycles. The number of nitrogens with one attached hydrogen (secondary N) is 1. The number of pyridine rings is 1. The quantitative estimate of drug-likeness (QED) is 0.853. The number of piperidine rings is 1. The van der Waals surface area contributed by atoms with Gasteiger partial charge in [0.2, 0.25) is 0 Å². The van der Waals surface area contributed by atoms with Crippen LogP contribution >= 0.6 is 0 Å². The van der Waals surface area contributed by atoms with Gasteiger partial charge in [-0.3, -0.25) is 4.98 Å². The molecule has 0 spiro atoms. The van der Waals surface area contributed by atoms with E-state index in [1.165, 1.54) is 4.90 Å². The molecule has 0 aromatic carbocycles. The third-order valence-electron chi connectivity index (χ3n) is 3.30. The zero-order valence-corrected chi connectivity index (χ0v) is 10.8. The second-order valence-corrected chi connectivity index (χ2v) is 4.61. The molecular formula is C13H17N3O3. The van der Waals surface area contributed by atoms with Gasteiger partial charge in [0.15, 0.2) is 0 Å². The SMILES string of the molecule is Cc1ncccc1NC(=O)N1CCCCC1C(=O)O. The number of carboxylic acids is 1. The highest BCUT2D eigenvalue weighted by atomic mass is 16.4. The number of aliphatic carboxylic acids is 1. The number of amides is 2. The molecule has 1 aliphatic heterocycles. The lowest BCUT2D eigenvalue weighted by Crippen LogP contribution is -2.49. The molecule has 102 valence electrons. The Bertz CT molecular complexity index is 490. The third kappa shape index (κ3) is 3.01. The van der Waals surface area contributed by atoms with Crippen LogP contribution in [0.5, 0.6) is 0 Å². The number of carbonyl (C=O) groups is 2. The van der Waals surface area contributed by atoms with Crippen molar-refractivity contribution in [2.75, 3.05) is 11.9 Å². The van der Waals surface area contributed by atoms with Gasteiger partial charge in [-0.15, -0.1) is 0 Å². The van der Waals surface area contributed by atoms with Crippen LogP contribution in [0.1, 0.15) is 25.0 Å². The van der Waals surface area contributed by atoms with Crippen molar-refractivity contribution in [3.63, 3.8) is 0 Å². The van der Waals surface area contributed by atoms with Gasteiger partial charge in [0.25, 0.3) is 0 Å². The first-order chi connectivity index (χ1) is 9.09. The molecule has 0 saturated carbocycles. The first kappa shape index (κ1) is 13.3. The highest BCUT2D eigenvalue weighted by Gasteiger charge is 2.32. The molecule has 1 aromatic heterocycles. The van der Waals surface area contributed by atoms with Crippen molar-refractivity contribution < 1.29 is 14.7 Å². The molecule has 0 aliphatic carbocycles. The number of nitrogens with zero attached hydrogens (tertiary/aromatic N) is 2. The molecule has 2 amide bonds. The second kappa shape index (κ2) is 5.69. The van der Waals surface area contributed by atoms with E-state index in [1.54, 1.807) is 25.3 Å². The van der Waals surface area contributed by atoms with Gasteiger partial charge in [0.05, 0.1) is 11.4 Å². The van der Waals surface area contributed by atoms with Gasteiger partial charge in [0, 0.05) is 12.7 Å². The van der Waals surface area contributed by atoms with Crippen molar-refractivity contribution in [2.24, 2.45) is 0 Å². The predicted octanol–water partition coefficient (Wildman–Crippen LogP) is 1.86. The van der Waals surface area contributed by atoms with Gasteiger partial charge >= 0.3 is 12.0 Å². The zero-order chi connectivity index (χ0) is 13.8. The fraction of sp³-hybridized carbons (Fsp3) is 0.462. The Balaban J connectivity index is 2.10. The molecular weight excluding hydrogens is 246 g/mol. The van der Waals surface area contributed by atoms with Gasteiger partial charge in [0.1, 0.15) is 6.04 Å². The minimum atomic E-state index is -0.947. The van der Waals surface area contributed by atoms with Crippen molar-refractivity contribution in [1.29, 1.82) is 0 Å². The highest BCUT2D eigenvalue weighted by Crippen LogP contribution is 2.19. The summed E-state index contributed by atoms with van der Waals surface area (Å²) in [6.07, 6.45) is 3.83. The van der Waals surface area contributed by atoms with Crippen molar-refractivity contribution in [3.8, 4) is 0 Å². The summed E-state index contributed by atoms with van der Waals surface area (Å²) in [5.41, 5.74) is 1.32. The maximum absolute atomic E-state index is 12.2. The normalized spacial score (nSPS) is 19.0. The minimum Gasteiger partial charge on any atom is -0.480 e. The number of carbonyl (C=O) groups excluding carboxylic acids is 1. The summed E-state index contributed by atoms with van der Waals surface area (Å²) in [5, 5.41) is 11.9. The van der Waals surface area contributed by atoms with E-state index in [9.17, 15) is 9.59 Å². The van der Waals surface area contributed by atoms with Crippen LogP contribution < -0.4 is 5.32 Å². The molecule has 19 heavy (non-hydrogen) atoms. The van der Waals surface area contributed by atoms with E-state index in [-0.39, 0.29) is 6.03 Å². The number of hydrogen-bond donors (Lipinski definition) is 2. The van der Waals surface area contributed by atoms with Gasteiger partial charge in [-0.2, -0.15) is 0 Å². The van der Waals surface area contributed by atoms with Crippen LogP contribution in [0, 0.1) is 6.92 Å². The molecule has 2 rings (SSSR count). The average Bonchev–Trinajstić information content (AvgIpc) is 2.41. The Morgan fingerprint density at radius 1 is 1.47 bits per heavy atom. The number of rotatable bonds is 2. The molecule has 1 atom stereocenters. The number of anilines is 1. The van der Waals surface area contributed by atoms with E-state index in [4.69, 9.17) is 5.11 Å². The van der Waals surface area contributed by atoms with Crippen LogP contribution in [-0.2, 0) is 4.79 Å². The first-order valence-corrected chi connectivity index (χ1v) is 6.31. The van der Waals surface area contributed by atoms with Gasteiger partial charge in [-0.25, -0.2) is 9.59 Å². The van der Waals surface area contributed by atoms with E-state index in [2.05, 4.69) is 10.3 Å². The Labute approximate surface area is 111 Å². The van der Waals surface area contributed by atoms with Crippen molar-refractivity contribution in [1.82, 2.24) is 9.88 Å². The van der Waals surface area contributed by atoms with Gasteiger partial charge < -0.3 is 15.3 Å². The Morgan fingerprint density at radius 3 is 2.95 bits per heavy atom. The van der Waals surface area contributed by atoms with Crippen LogP contribution in [0.3, 0.4) is 0 Å². The monoisotopic (exact) mass is 263 g/mol. The lowest BCUT2D eigenvalue weighted by molar-refractivity contribution is -0.143. The first-order valence-electron chi connectivity index (χ1n) is 6.31. The van der Waals surface area contributed by atoms with Crippen LogP contribution in [0.15, 0.2) is 18.3 Å². The van der Waals surface area contributed by atoms with Crippen LogP contribution in [0.4, 0.5) is 10.5 Å². The van der Waals surface area contributed by atoms with Crippen LogP contribution in [-0.4, -0.2) is 39.6 Å². The summed E-state index contributed by atoms with van der Waals surface area (Å²) in [5.74, 6) is -0.947. The zero-order valence-electron chi connectivity index (χ0n) is 10.8. The fourth-order valence-electron chi connectivity index (χ4n) is 2.23. The van der Waals surface area contributed by atoms with E-state index < -0.39 is 12.0 Å². The molecule has 2 N–H and O–H groups in total. The summed E-state index contributed by atoms with van der Waals surface area (Å²) >= 11 is 0. The number of urea groups is 1. The second-order valence-electron chi connectivity index (χ2n) is 4.61. The number of aromatic nitrogens is 1. The molecule has 6 heteroatoms. The largest absolute Gasteiger partial charge is 0.480 e.